The number of hydrogen-bond donors (Lipinski definition) is 1. The van der Waals surface area contributed by atoms with E-state index >= 15 is 0 Å². The quantitative estimate of drug-likeness (QED) is 0.381. The van der Waals surface area contributed by atoms with Crippen LogP contribution in [0.5, 0.6) is 17.2 Å². The summed E-state index contributed by atoms with van der Waals surface area (Å²) in [5, 5.41) is 10.8. The SMILES string of the molecule is COC(=O)c1c(CSc2ccc(OC)cc2)cc(OC)c(CC=C(C)C)c1O. The summed E-state index contributed by atoms with van der Waals surface area (Å²) in [4.78, 5) is 13.4. The number of hydrogen-bond acceptors (Lipinski definition) is 6. The van der Waals surface area contributed by atoms with Gasteiger partial charge in [-0.2, -0.15) is 0 Å². The minimum atomic E-state index is -0.566. The molecule has 0 saturated heterocycles. The van der Waals surface area contributed by atoms with E-state index in [1.165, 1.54) is 7.11 Å². The van der Waals surface area contributed by atoms with E-state index in [4.69, 9.17) is 14.2 Å². The summed E-state index contributed by atoms with van der Waals surface area (Å²) in [6, 6.07) is 9.45. The number of aromatic hydroxyl groups is 1. The molecule has 150 valence electrons. The largest absolute Gasteiger partial charge is 0.507 e. The Morgan fingerprint density at radius 1 is 1.11 bits per heavy atom. The van der Waals surface area contributed by atoms with Crippen LogP contribution in [0.2, 0.25) is 0 Å². The maximum Gasteiger partial charge on any atom is 0.341 e. The van der Waals surface area contributed by atoms with Crippen molar-refractivity contribution in [3.63, 3.8) is 0 Å². The Morgan fingerprint density at radius 3 is 2.32 bits per heavy atom. The smallest absolute Gasteiger partial charge is 0.341 e. The molecule has 0 radical (unpaired) electrons. The maximum atomic E-state index is 12.4. The van der Waals surface area contributed by atoms with Crippen molar-refractivity contribution in [1.29, 1.82) is 0 Å². The number of ether oxygens (including phenoxy) is 3. The predicted molar refractivity (Wildman–Crippen MR) is 112 cm³/mol. The first-order chi connectivity index (χ1) is 13.4. The lowest BCUT2D eigenvalue weighted by Gasteiger charge is -2.17. The highest BCUT2D eigenvalue weighted by atomic mass is 32.2. The summed E-state index contributed by atoms with van der Waals surface area (Å²) >= 11 is 1.54. The molecular weight excluding hydrogens is 376 g/mol. The van der Waals surface area contributed by atoms with Gasteiger partial charge >= 0.3 is 5.97 Å². The summed E-state index contributed by atoms with van der Waals surface area (Å²) in [6.07, 6.45) is 2.44. The summed E-state index contributed by atoms with van der Waals surface area (Å²) in [5.41, 5.74) is 2.52. The predicted octanol–water partition coefficient (Wildman–Crippen LogP) is 5.00. The fourth-order valence-electron chi connectivity index (χ4n) is 2.70. The number of esters is 1. The summed E-state index contributed by atoms with van der Waals surface area (Å²) in [7, 11) is 4.48. The van der Waals surface area contributed by atoms with Gasteiger partial charge in [0, 0.05) is 16.2 Å². The topological polar surface area (TPSA) is 65.0 Å². The maximum absolute atomic E-state index is 12.4. The first-order valence-electron chi connectivity index (χ1n) is 8.81. The monoisotopic (exact) mass is 402 g/mol. The molecule has 0 saturated carbocycles. The van der Waals surface area contributed by atoms with E-state index in [0.29, 0.717) is 29.1 Å². The number of carbonyl (C=O) groups excluding carboxylic acids is 1. The highest BCUT2D eigenvalue weighted by Gasteiger charge is 2.23. The molecular formula is C22H26O5S. The van der Waals surface area contributed by atoms with Crippen molar-refractivity contribution in [3.8, 4) is 17.2 Å². The van der Waals surface area contributed by atoms with Crippen LogP contribution in [-0.2, 0) is 16.9 Å². The molecule has 0 aliphatic rings. The van der Waals surface area contributed by atoms with Crippen LogP contribution in [-0.4, -0.2) is 32.4 Å². The van der Waals surface area contributed by atoms with Crippen molar-refractivity contribution in [2.45, 2.75) is 30.9 Å². The van der Waals surface area contributed by atoms with Gasteiger partial charge in [0.2, 0.25) is 0 Å². The molecule has 0 amide bonds. The minimum absolute atomic E-state index is 0.0889. The molecule has 0 unspecified atom stereocenters. The molecule has 5 nitrogen and oxygen atoms in total. The number of allylic oxidation sites excluding steroid dienone is 2. The van der Waals surface area contributed by atoms with Crippen LogP contribution >= 0.6 is 11.8 Å². The van der Waals surface area contributed by atoms with Crippen LogP contribution in [0.4, 0.5) is 0 Å². The zero-order valence-corrected chi connectivity index (χ0v) is 17.7. The Hall–Kier alpha value is -2.60. The molecule has 6 heteroatoms. The number of rotatable bonds is 8. The fourth-order valence-corrected chi connectivity index (χ4v) is 3.58. The van der Waals surface area contributed by atoms with Crippen molar-refractivity contribution < 1.29 is 24.1 Å². The summed E-state index contributed by atoms with van der Waals surface area (Å²) in [5.74, 6) is 1.15. The highest BCUT2D eigenvalue weighted by Crippen LogP contribution is 2.38. The van der Waals surface area contributed by atoms with E-state index in [1.807, 2.05) is 44.2 Å². The van der Waals surface area contributed by atoms with Gasteiger partial charge < -0.3 is 19.3 Å². The fraction of sp³-hybridized carbons (Fsp3) is 0.318. The van der Waals surface area contributed by atoms with E-state index in [1.54, 1.807) is 32.0 Å². The van der Waals surface area contributed by atoms with Crippen LogP contribution in [0.25, 0.3) is 0 Å². The van der Waals surface area contributed by atoms with E-state index in [-0.39, 0.29) is 11.3 Å². The minimum Gasteiger partial charge on any atom is -0.507 e. The molecule has 0 atom stereocenters. The lowest BCUT2D eigenvalue weighted by molar-refractivity contribution is 0.0596. The third kappa shape index (κ3) is 5.23. The second-order valence-electron chi connectivity index (χ2n) is 6.38. The molecule has 2 aromatic rings. The number of carbonyl (C=O) groups is 1. The van der Waals surface area contributed by atoms with Crippen LogP contribution in [0.15, 0.2) is 46.9 Å². The summed E-state index contributed by atoms with van der Waals surface area (Å²) in [6.45, 7) is 3.95. The van der Waals surface area contributed by atoms with Gasteiger partial charge in [-0.25, -0.2) is 4.79 Å². The number of phenols is 1. The Bertz CT molecular complexity index is 852. The van der Waals surface area contributed by atoms with Gasteiger partial charge in [-0.15, -0.1) is 11.8 Å². The second-order valence-corrected chi connectivity index (χ2v) is 7.43. The Morgan fingerprint density at radius 2 is 1.79 bits per heavy atom. The molecule has 2 rings (SSSR count). The summed E-state index contributed by atoms with van der Waals surface area (Å²) < 4.78 is 15.6. The highest BCUT2D eigenvalue weighted by molar-refractivity contribution is 7.98. The molecule has 1 N–H and O–H groups in total. The Labute approximate surface area is 170 Å². The third-order valence-corrected chi connectivity index (χ3v) is 5.29. The van der Waals surface area contributed by atoms with Gasteiger partial charge in [-0.3, -0.25) is 0 Å². The zero-order valence-electron chi connectivity index (χ0n) is 16.9. The molecule has 0 aromatic heterocycles. The molecule has 0 spiro atoms. The molecule has 0 aliphatic carbocycles. The average Bonchev–Trinajstić information content (AvgIpc) is 2.70. The average molecular weight is 403 g/mol. The molecule has 0 fully saturated rings. The van der Waals surface area contributed by atoms with Gasteiger partial charge in [-0.1, -0.05) is 11.6 Å². The lowest BCUT2D eigenvalue weighted by atomic mass is 9.99. The second kappa shape index (κ2) is 10.1. The van der Waals surface area contributed by atoms with E-state index in [2.05, 4.69) is 0 Å². The van der Waals surface area contributed by atoms with Gasteiger partial charge in [0.25, 0.3) is 0 Å². The van der Waals surface area contributed by atoms with Crippen LogP contribution < -0.4 is 9.47 Å². The lowest BCUT2D eigenvalue weighted by Crippen LogP contribution is -2.08. The van der Waals surface area contributed by atoms with Crippen LogP contribution in [0, 0.1) is 0 Å². The van der Waals surface area contributed by atoms with E-state index in [9.17, 15) is 9.90 Å². The normalized spacial score (nSPS) is 10.3. The van der Waals surface area contributed by atoms with Crippen molar-refractivity contribution in [2.24, 2.45) is 0 Å². The Kier molecular flexibility index (Phi) is 7.81. The van der Waals surface area contributed by atoms with E-state index < -0.39 is 5.97 Å². The van der Waals surface area contributed by atoms with Crippen LogP contribution in [0.1, 0.15) is 35.3 Å². The molecule has 0 bridgehead atoms. The standard InChI is InChI=1S/C22H26O5S/c1-14(2)6-11-18-19(26-4)12-15(20(21(18)23)22(24)27-5)13-28-17-9-7-16(25-3)8-10-17/h6-10,12,23H,11,13H2,1-5H3. The molecule has 2 aromatic carbocycles. The van der Waals surface area contributed by atoms with Crippen molar-refractivity contribution >= 4 is 17.7 Å². The van der Waals surface area contributed by atoms with Crippen molar-refractivity contribution in [2.75, 3.05) is 21.3 Å². The number of phenolic OH excluding ortho intramolecular Hbond substituents is 1. The van der Waals surface area contributed by atoms with Gasteiger partial charge in [0.05, 0.1) is 21.3 Å². The molecule has 28 heavy (non-hydrogen) atoms. The Balaban J connectivity index is 2.41. The van der Waals surface area contributed by atoms with E-state index in [0.717, 1.165) is 16.2 Å². The van der Waals surface area contributed by atoms with Gasteiger partial charge in [0.15, 0.2) is 0 Å². The molecule has 0 aliphatic heterocycles. The van der Waals surface area contributed by atoms with Gasteiger partial charge in [-0.05, 0) is 56.2 Å². The van der Waals surface area contributed by atoms with Crippen LogP contribution in [0.3, 0.4) is 0 Å². The first-order valence-corrected chi connectivity index (χ1v) is 9.80. The number of methoxy groups -OCH3 is 3. The first kappa shape index (κ1) is 21.7. The third-order valence-electron chi connectivity index (χ3n) is 4.22. The number of thioether (sulfide) groups is 1. The zero-order chi connectivity index (χ0) is 20.7. The molecule has 0 heterocycles. The number of benzene rings is 2. The van der Waals surface area contributed by atoms with Crippen molar-refractivity contribution in [1.82, 2.24) is 0 Å². The van der Waals surface area contributed by atoms with Crippen molar-refractivity contribution in [3.05, 3.63) is 58.7 Å². The van der Waals surface area contributed by atoms with Gasteiger partial charge in [0.1, 0.15) is 22.8 Å².